The summed E-state index contributed by atoms with van der Waals surface area (Å²) in [6, 6.07) is 11.1. The minimum atomic E-state index is 0.389. The van der Waals surface area contributed by atoms with Crippen LogP contribution in [-0.4, -0.2) is 16.4 Å². The predicted octanol–water partition coefficient (Wildman–Crippen LogP) is 3.87. The Morgan fingerprint density at radius 2 is 1.95 bits per heavy atom. The molecule has 3 rings (SSSR count). The van der Waals surface area contributed by atoms with E-state index in [2.05, 4.69) is 28.5 Å². The normalized spacial score (nSPS) is 23.6. The van der Waals surface area contributed by atoms with Crippen molar-refractivity contribution in [1.82, 2.24) is 10.3 Å². The first-order valence-electron chi connectivity index (χ1n) is 7.02. The number of fused-ring (bicyclic) bond motifs is 1. The molecule has 0 saturated heterocycles. The largest absolute Gasteiger partial charge is 0.310 e. The summed E-state index contributed by atoms with van der Waals surface area (Å²) in [4.78, 5) is 4.50. The second-order valence-corrected chi connectivity index (χ2v) is 5.98. The maximum Gasteiger partial charge on any atom is 0.0702 e. The molecular formula is C16H19ClN2. The van der Waals surface area contributed by atoms with E-state index in [9.17, 15) is 0 Å². The van der Waals surface area contributed by atoms with Gasteiger partial charge in [-0.05, 0) is 43.4 Å². The van der Waals surface area contributed by atoms with Gasteiger partial charge in [0.2, 0.25) is 0 Å². The number of nitrogens with zero attached hydrogens (tertiary/aromatic N) is 1. The molecule has 3 heteroatoms. The van der Waals surface area contributed by atoms with E-state index >= 15 is 0 Å². The number of nitrogens with one attached hydrogen (secondary N) is 1. The van der Waals surface area contributed by atoms with Crippen molar-refractivity contribution in [1.29, 1.82) is 0 Å². The molecule has 19 heavy (non-hydrogen) atoms. The predicted molar refractivity (Wildman–Crippen MR) is 80.5 cm³/mol. The second kappa shape index (κ2) is 5.89. The van der Waals surface area contributed by atoms with Crippen LogP contribution in [0, 0.1) is 0 Å². The van der Waals surface area contributed by atoms with Gasteiger partial charge in [-0.15, -0.1) is 11.6 Å². The lowest BCUT2D eigenvalue weighted by molar-refractivity contribution is 0.376. The van der Waals surface area contributed by atoms with Crippen molar-refractivity contribution in [3.05, 3.63) is 42.1 Å². The van der Waals surface area contributed by atoms with Crippen LogP contribution in [0.5, 0.6) is 0 Å². The summed E-state index contributed by atoms with van der Waals surface area (Å²) in [6.07, 6.45) is 6.62. The van der Waals surface area contributed by atoms with Crippen LogP contribution < -0.4 is 5.32 Å². The maximum atomic E-state index is 6.13. The molecule has 1 aromatic carbocycles. The van der Waals surface area contributed by atoms with Gasteiger partial charge in [0.15, 0.2) is 0 Å². The molecule has 2 nitrogen and oxygen atoms in total. The molecule has 1 N–H and O–H groups in total. The first-order chi connectivity index (χ1) is 9.31. The lowest BCUT2D eigenvalue weighted by atomic mass is 9.95. The van der Waals surface area contributed by atoms with Gasteiger partial charge in [-0.1, -0.05) is 18.2 Å². The number of aromatic nitrogens is 1. The first-order valence-corrected chi connectivity index (χ1v) is 7.46. The van der Waals surface area contributed by atoms with Gasteiger partial charge in [0.05, 0.1) is 5.52 Å². The Bertz CT molecular complexity index is 547. The van der Waals surface area contributed by atoms with E-state index in [0.29, 0.717) is 11.4 Å². The van der Waals surface area contributed by atoms with Crippen LogP contribution >= 0.6 is 11.6 Å². The number of para-hydroxylation sites is 1. The number of hydrogen-bond acceptors (Lipinski definition) is 2. The zero-order chi connectivity index (χ0) is 13.1. The highest BCUT2D eigenvalue weighted by molar-refractivity contribution is 6.20. The van der Waals surface area contributed by atoms with Gasteiger partial charge in [0, 0.05) is 29.5 Å². The van der Waals surface area contributed by atoms with E-state index in [-0.39, 0.29) is 0 Å². The average molecular weight is 275 g/mol. The summed E-state index contributed by atoms with van der Waals surface area (Å²) in [5, 5.41) is 5.23. The highest BCUT2D eigenvalue weighted by Crippen LogP contribution is 2.23. The van der Waals surface area contributed by atoms with Gasteiger partial charge in [-0.25, -0.2) is 0 Å². The van der Waals surface area contributed by atoms with Crippen LogP contribution in [0.15, 0.2) is 36.5 Å². The van der Waals surface area contributed by atoms with Crippen molar-refractivity contribution in [2.75, 3.05) is 0 Å². The van der Waals surface area contributed by atoms with E-state index in [1.807, 2.05) is 18.3 Å². The Balaban J connectivity index is 1.62. The molecule has 1 aliphatic rings. The molecule has 1 heterocycles. The molecule has 0 amide bonds. The fourth-order valence-electron chi connectivity index (χ4n) is 2.73. The zero-order valence-corrected chi connectivity index (χ0v) is 11.7. The highest BCUT2D eigenvalue weighted by atomic mass is 35.5. The molecule has 1 aliphatic carbocycles. The molecular weight excluding hydrogens is 256 g/mol. The van der Waals surface area contributed by atoms with Gasteiger partial charge in [-0.2, -0.15) is 0 Å². The summed E-state index contributed by atoms with van der Waals surface area (Å²) in [5.74, 6) is 0. The quantitative estimate of drug-likeness (QED) is 0.860. The third-order valence-corrected chi connectivity index (χ3v) is 4.34. The Morgan fingerprint density at radius 1 is 1.16 bits per heavy atom. The number of alkyl halides is 1. The van der Waals surface area contributed by atoms with Gasteiger partial charge in [0.25, 0.3) is 0 Å². The number of hydrogen-bond donors (Lipinski definition) is 1. The van der Waals surface area contributed by atoms with E-state index in [4.69, 9.17) is 11.6 Å². The second-order valence-electron chi connectivity index (χ2n) is 5.37. The Morgan fingerprint density at radius 3 is 2.79 bits per heavy atom. The maximum absolute atomic E-state index is 6.13. The molecule has 1 fully saturated rings. The Labute approximate surface area is 119 Å². The molecule has 0 atom stereocenters. The van der Waals surface area contributed by atoms with E-state index < -0.39 is 0 Å². The smallest absolute Gasteiger partial charge is 0.0702 e. The van der Waals surface area contributed by atoms with Crippen LogP contribution in [0.4, 0.5) is 0 Å². The van der Waals surface area contributed by atoms with Crippen molar-refractivity contribution in [2.24, 2.45) is 0 Å². The lowest BCUT2D eigenvalue weighted by Crippen LogP contribution is -2.32. The van der Waals surface area contributed by atoms with Crippen LogP contribution in [0.25, 0.3) is 10.9 Å². The molecule has 0 spiro atoms. The number of rotatable bonds is 3. The van der Waals surface area contributed by atoms with Crippen LogP contribution in [0.1, 0.15) is 31.2 Å². The van der Waals surface area contributed by atoms with Crippen molar-refractivity contribution in [3.63, 3.8) is 0 Å². The third kappa shape index (κ3) is 3.26. The number of halogens is 1. The number of benzene rings is 1. The van der Waals surface area contributed by atoms with Gasteiger partial charge >= 0.3 is 0 Å². The summed E-state index contributed by atoms with van der Waals surface area (Å²) in [6.45, 7) is 0.898. The van der Waals surface area contributed by atoms with Crippen LogP contribution in [0.3, 0.4) is 0 Å². The van der Waals surface area contributed by atoms with Gasteiger partial charge in [0.1, 0.15) is 0 Å². The summed E-state index contributed by atoms with van der Waals surface area (Å²) in [5.41, 5.74) is 2.32. The highest BCUT2D eigenvalue weighted by Gasteiger charge is 2.18. The topological polar surface area (TPSA) is 24.9 Å². The van der Waals surface area contributed by atoms with Gasteiger partial charge in [-0.3, -0.25) is 4.98 Å². The van der Waals surface area contributed by atoms with Crippen molar-refractivity contribution >= 4 is 22.5 Å². The lowest BCUT2D eigenvalue weighted by Gasteiger charge is -2.25. The monoisotopic (exact) mass is 274 g/mol. The Kier molecular flexibility index (Phi) is 4.00. The Hall–Kier alpha value is -1.12. The van der Waals surface area contributed by atoms with E-state index in [1.54, 1.807) is 0 Å². The molecule has 0 aliphatic heterocycles. The fourth-order valence-corrected chi connectivity index (χ4v) is 2.98. The van der Waals surface area contributed by atoms with Crippen molar-refractivity contribution in [3.8, 4) is 0 Å². The summed E-state index contributed by atoms with van der Waals surface area (Å²) < 4.78 is 0. The minimum Gasteiger partial charge on any atom is -0.310 e. The van der Waals surface area contributed by atoms with E-state index in [1.165, 1.54) is 23.8 Å². The zero-order valence-electron chi connectivity index (χ0n) is 11.0. The molecule has 100 valence electrons. The molecule has 0 radical (unpaired) electrons. The standard InChI is InChI=1S/C16H19ClN2/c17-14-5-7-15(8-6-14)18-10-12-9-13-3-1-2-4-16(13)19-11-12/h1-4,9,11,14-15,18H,5-8,10H2. The minimum absolute atomic E-state index is 0.389. The van der Waals surface area contributed by atoms with E-state index in [0.717, 1.165) is 24.9 Å². The molecule has 1 aromatic heterocycles. The summed E-state index contributed by atoms with van der Waals surface area (Å²) in [7, 11) is 0. The molecule has 2 aromatic rings. The van der Waals surface area contributed by atoms with Crippen molar-refractivity contribution in [2.45, 2.75) is 43.6 Å². The molecule has 0 bridgehead atoms. The van der Waals surface area contributed by atoms with Gasteiger partial charge < -0.3 is 5.32 Å². The number of pyridine rings is 1. The van der Waals surface area contributed by atoms with Crippen LogP contribution in [0.2, 0.25) is 0 Å². The van der Waals surface area contributed by atoms with Crippen molar-refractivity contribution < 1.29 is 0 Å². The molecule has 1 saturated carbocycles. The first kappa shape index (κ1) is 12.9. The summed E-state index contributed by atoms with van der Waals surface area (Å²) >= 11 is 6.13. The van der Waals surface area contributed by atoms with Crippen LogP contribution in [-0.2, 0) is 6.54 Å². The SMILES string of the molecule is ClC1CCC(NCc2cnc3ccccc3c2)CC1. The third-order valence-electron chi connectivity index (χ3n) is 3.90. The average Bonchev–Trinajstić information content (AvgIpc) is 2.46. The molecule has 0 unspecified atom stereocenters. The fraction of sp³-hybridized carbons (Fsp3) is 0.438.